The number of benzene rings is 1. The summed E-state index contributed by atoms with van der Waals surface area (Å²) < 4.78 is 3.97. The molecule has 0 radical (unpaired) electrons. The fraction of sp³-hybridized carbons (Fsp3) is 0.429. The lowest BCUT2D eigenvalue weighted by atomic mass is 9.99. The third-order valence-corrected chi connectivity index (χ3v) is 3.69. The SMILES string of the molecule is Cc1cc(C)cc(C(O)c2snnc2C(C)C)c1. The highest BCUT2D eigenvalue weighted by atomic mass is 32.1. The average molecular weight is 262 g/mol. The first kappa shape index (κ1) is 13.2. The summed E-state index contributed by atoms with van der Waals surface area (Å²) >= 11 is 1.28. The van der Waals surface area contributed by atoms with Gasteiger partial charge >= 0.3 is 0 Å². The zero-order valence-corrected chi connectivity index (χ0v) is 12.0. The Morgan fingerprint density at radius 2 is 1.72 bits per heavy atom. The van der Waals surface area contributed by atoms with E-state index < -0.39 is 6.10 Å². The number of aliphatic hydroxyl groups excluding tert-OH is 1. The molecule has 2 rings (SSSR count). The van der Waals surface area contributed by atoms with Crippen LogP contribution in [0.15, 0.2) is 18.2 Å². The lowest BCUT2D eigenvalue weighted by Crippen LogP contribution is -2.03. The first-order chi connectivity index (χ1) is 8.49. The fourth-order valence-corrected chi connectivity index (χ4v) is 2.94. The van der Waals surface area contributed by atoms with Gasteiger partial charge in [-0.1, -0.05) is 47.7 Å². The van der Waals surface area contributed by atoms with Crippen molar-refractivity contribution in [3.63, 3.8) is 0 Å². The Labute approximate surface area is 112 Å². The fourth-order valence-electron chi connectivity index (χ4n) is 2.11. The molecule has 18 heavy (non-hydrogen) atoms. The first-order valence-electron chi connectivity index (χ1n) is 6.07. The predicted octanol–water partition coefficient (Wildman–Crippen LogP) is 3.36. The molecule has 0 spiro atoms. The van der Waals surface area contributed by atoms with Gasteiger partial charge < -0.3 is 5.11 Å². The van der Waals surface area contributed by atoms with Crippen LogP contribution in [0, 0.1) is 13.8 Å². The molecule has 0 saturated carbocycles. The molecule has 0 amide bonds. The standard InChI is InChI=1S/C14H18N2OS/c1-8(2)12-14(18-16-15-12)13(17)11-6-9(3)5-10(4)7-11/h5-8,13,17H,1-4H3. The number of nitrogens with zero attached hydrogens (tertiary/aromatic N) is 2. The number of aryl methyl sites for hydroxylation is 2. The van der Waals surface area contributed by atoms with Crippen LogP contribution in [0.1, 0.15) is 53.1 Å². The highest BCUT2D eigenvalue weighted by Crippen LogP contribution is 2.31. The smallest absolute Gasteiger partial charge is 0.117 e. The quantitative estimate of drug-likeness (QED) is 0.922. The molecule has 3 nitrogen and oxygen atoms in total. The molecule has 1 heterocycles. The molecule has 1 atom stereocenters. The maximum absolute atomic E-state index is 10.5. The van der Waals surface area contributed by atoms with Crippen molar-refractivity contribution in [1.82, 2.24) is 9.59 Å². The van der Waals surface area contributed by atoms with Gasteiger partial charge in [0.1, 0.15) is 6.10 Å². The van der Waals surface area contributed by atoms with Gasteiger partial charge in [-0.05, 0) is 36.9 Å². The van der Waals surface area contributed by atoms with Crippen LogP contribution in [0.4, 0.5) is 0 Å². The molecular weight excluding hydrogens is 244 g/mol. The number of rotatable bonds is 3. The Balaban J connectivity index is 2.41. The molecule has 0 aliphatic carbocycles. The third kappa shape index (κ3) is 2.60. The molecule has 2 aromatic rings. The van der Waals surface area contributed by atoms with E-state index in [1.54, 1.807) is 0 Å². The summed E-state index contributed by atoms with van der Waals surface area (Å²) in [5, 5.41) is 14.6. The molecule has 1 unspecified atom stereocenters. The monoisotopic (exact) mass is 262 g/mol. The lowest BCUT2D eigenvalue weighted by Gasteiger charge is -2.13. The van der Waals surface area contributed by atoms with Gasteiger partial charge in [0.05, 0.1) is 10.6 Å². The normalized spacial score (nSPS) is 13.0. The summed E-state index contributed by atoms with van der Waals surface area (Å²) in [5.41, 5.74) is 4.13. The molecule has 96 valence electrons. The minimum Gasteiger partial charge on any atom is -0.383 e. The van der Waals surface area contributed by atoms with Crippen LogP contribution in [-0.2, 0) is 0 Å². The summed E-state index contributed by atoms with van der Waals surface area (Å²) in [4.78, 5) is 0.856. The zero-order valence-electron chi connectivity index (χ0n) is 11.1. The van der Waals surface area contributed by atoms with Crippen molar-refractivity contribution in [2.24, 2.45) is 0 Å². The summed E-state index contributed by atoms with van der Waals surface area (Å²) in [5.74, 6) is 0.277. The Kier molecular flexibility index (Phi) is 3.78. The maximum Gasteiger partial charge on any atom is 0.117 e. The van der Waals surface area contributed by atoms with Crippen molar-refractivity contribution in [2.45, 2.75) is 39.7 Å². The zero-order chi connectivity index (χ0) is 13.3. The van der Waals surface area contributed by atoms with Gasteiger partial charge in [0.2, 0.25) is 0 Å². The van der Waals surface area contributed by atoms with Gasteiger partial charge in [0.25, 0.3) is 0 Å². The van der Waals surface area contributed by atoms with Crippen molar-refractivity contribution in [2.75, 3.05) is 0 Å². The summed E-state index contributed by atoms with van der Waals surface area (Å²) in [6, 6.07) is 6.13. The number of hydrogen-bond acceptors (Lipinski definition) is 4. The van der Waals surface area contributed by atoms with E-state index in [9.17, 15) is 5.11 Å². The van der Waals surface area contributed by atoms with E-state index in [1.165, 1.54) is 11.5 Å². The van der Waals surface area contributed by atoms with Crippen molar-refractivity contribution >= 4 is 11.5 Å². The summed E-state index contributed by atoms with van der Waals surface area (Å²) in [6.07, 6.45) is -0.624. The Morgan fingerprint density at radius 3 is 2.28 bits per heavy atom. The minimum atomic E-state index is -0.624. The lowest BCUT2D eigenvalue weighted by molar-refractivity contribution is 0.222. The second-order valence-corrected chi connectivity index (χ2v) is 5.79. The Morgan fingerprint density at radius 1 is 1.11 bits per heavy atom. The number of aromatic nitrogens is 2. The topological polar surface area (TPSA) is 46.0 Å². The highest BCUT2D eigenvalue weighted by molar-refractivity contribution is 7.05. The molecule has 0 saturated heterocycles. The molecule has 4 heteroatoms. The van der Waals surface area contributed by atoms with Gasteiger partial charge in [-0.25, -0.2) is 0 Å². The number of aliphatic hydroxyl groups is 1. The van der Waals surface area contributed by atoms with Crippen LogP contribution >= 0.6 is 11.5 Å². The van der Waals surface area contributed by atoms with Gasteiger partial charge in [-0.15, -0.1) is 5.10 Å². The van der Waals surface area contributed by atoms with E-state index >= 15 is 0 Å². The van der Waals surface area contributed by atoms with E-state index in [0.717, 1.165) is 27.3 Å². The highest BCUT2D eigenvalue weighted by Gasteiger charge is 2.20. The molecule has 1 N–H and O–H groups in total. The molecule has 0 aliphatic rings. The van der Waals surface area contributed by atoms with Crippen molar-refractivity contribution < 1.29 is 5.11 Å². The van der Waals surface area contributed by atoms with Crippen LogP contribution in [0.3, 0.4) is 0 Å². The van der Waals surface area contributed by atoms with Crippen molar-refractivity contribution in [1.29, 1.82) is 0 Å². The van der Waals surface area contributed by atoms with Gasteiger partial charge in [-0.2, -0.15) is 0 Å². The van der Waals surface area contributed by atoms with Gasteiger partial charge in [-0.3, -0.25) is 0 Å². The molecular formula is C14H18N2OS. The molecule has 1 aromatic carbocycles. The maximum atomic E-state index is 10.5. The van der Waals surface area contributed by atoms with Crippen LogP contribution in [-0.4, -0.2) is 14.7 Å². The van der Waals surface area contributed by atoms with Crippen molar-refractivity contribution in [3.05, 3.63) is 45.5 Å². The van der Waals surface area contributed by atoms with Crippen LogP contribution in [0.5, 0.6) is 0 Å². The summed E-state index contributed by atoms with van der Waals surface area (Å²) in [7, 11) is 0. The second-order valence-electron chi connectivity index (χ2n) is 5.00. The second kappa shape index (κ2) is 5.16. The van der Waals surface area contributed by atoms with E-state index in [-0.39, 0.29) is 5.92 Å². The largest absolute Gasteiger partial charge is 0.383 e. The number of hydrogen-bond donors (Lipinski definition) is 1. The van der Waals surface area contributed by atoms with E-state index in [2.05, 4.69) is 29.5 Å². The molecule has 0 fully saturated rings. The van der Waals surface area contributed by atoms with E-state index in [4.69, 9.17) is 0 Å². The minimum absolute atomic E-state index is 0.277. The Bertz CT molecular complexity index is 528. The first-order valence-corrected chi connectivity index (χ1v) is 6.84. The van der Waals surface area contributed by atoms with E-state index in [0.29, 0.717) is 0 Å². The van der Waals surface area contributed by atoms with E-state index in [1.807, 2.05) is 26.0 Å². The summed E-state index contributed by atoms with van der Waals surface area (Å²) in [6.45, 7) is 8.21. The molecule has 0 bridgehead atoms. The third-order valence-electron chi connectivity index (χ3n) is 2.90. The molecule has 0 aliphatic heterocycles. The van der Waals surface area contributed by atoms with Crippen LogP contribution < -0.4 is 0 Å². The van der Waals surface area contributed by atoms with Crippen LogP contribution in [0.25, 0.3) is 0 Å². The molecule has 1 aromatic heterocycles. The Hall–Kier alpha value is -1.26. The van der Waals surface area contributed by atoms with Gasteiger partial charge in [0, 0.05) is 0 Å². The van der Waals surface area contributed by atoms with Gasteiger partial charge in [0.15, 0.2) is 0 Å². The van der Waals surface area contributed by atoms with Crippen LogP contribution in [0.2, 0.25) is 0 Å². The predicted molar refractivity (Wildman–Crippen MR) is 74.0 cm³/mol. The van der Waals surface area contributed by atoms with Crippen molar-refractivity contribution in [3.8, 4) is 0 Å². The average Bonchev–Trinajstić information content (AvgIpc) is 2.75.